The van der Waals surface area contributed by atoms with Gasteiger partial charge in [0.15, 0.2) is 5.82 Å². The van der Waals surface area contributed by atoms with Crippen LogP contribution in [0.25, 0.3) is 0 Å². The summed E-state index contributed by atoms with van der Waals surface area (Å²) in [4.78, 5) is 39.9. The van der Waals surface area contributed by atoms with E-state index >= 15 is 0 Å². The van der Waals surface area contributed by atoms with Crippen LogP contribution in [0.3, 0.4) is 0 Å². The molecule has 1 heterocycles. The summed E-state index contributed by atoms with van der Waals surface area (Å²) >= 11 is 0. The van der Waals surface area contributed by atoms with E-state index in [0.29, 0.717) is 30.8 Å². The predicted molar refractivity (Wildman–Crippen MR) is 110 cm³/mol. The van der Waals surface area contributed by atoms with Crippen molar-refractivity contribution in [3.63, 3.8) is 0 Å². The van der Waals surface area contributed by atoms with E-state index < -0.39 is 17.7 Å². The molecular formula is C22H28N2O6. The van der Waals surface area contributed by atoms with Gasteiger partial charge in [0.05, 0.1) is 19.4 Å². The molecule has 2 aromatic rings. The van der Waals surface area contributed by atoms with Crippen molar-refractivity contribution in [3.05, 3.63) is 47.5 Å². The highest BCUT2D eigenvalue weighted by Crippen LogP contribution is 2.27. The number of aliphatic carboxylic acids is 1. The second-order valence-electron chi connectivity index (χ2n) is 7.82. The first-order valence-electron chi connectivity index (χ1n) is 9.77. The Hall–Kier alpha value is -3.16. The molecule has 0 atom stereocenters. The number of aromatic nitrogens is 2. The molecule has 0 fully saturated rings. The van der Waals surface area contributed by atoms with Gasteiger partial charge in [0.1, 0.15) is 5.75 Å². The van der Waals surface area contributed by atoms with Crippen molar-refractivity contribution >= 4 is 17.7 Å². The zero-order valence-corrected chi connectivity index (χ0v) is 17.8. The summed E-state index contributed by atoms with van der Waals surface area (Å²) in [5.41, 5.74) is 1.19. The number of carboxylic acid groups (broad SMARTS) is 1. The van der Waals surface area contributed by atoms with Crippen molar-refractivity contribution in [2.75, 3.05) is 13.7 Å². The number of carbonyl (C=O) groups excluding carboxylic acids is 2. The monoisotopic (exact) mass is 416 g/mol. The number of methoxy groups -OCH3 is 1. The highest BCUT2D eigenvalue weighted by atomic mass is 16.5. The molecule has 0 spiro atoms. The Morgan fingerprint density at radius 1 is 1.17 bits per heavy atom. The minimum absolute atomic E-state index is 0.00769. The fraction of sp³-hybridized carbons (Fsp3) is 0.455. The first-order valence-corrected chi connectivity index (χ1v) is 9.77. The van der Waals surface area contributed by atoms with E-state index in [1.54, 1.807) is 24.8 Å². The number of rotatable bonds is 11. The van der Waals surface area contributed by atoms with Crippen LogP contribution in [-0.4, -0.2) is 46.1 Å². The van der Waals surface area contributed by atoms with E-state index in [1.807, 2.05) is 38.1 Å². The van der Waals surface area contributed by atoms with Gasteiger partial charge >= 0.3 is 17.7 Å². The van der Waals surface area contributed by atoms with Crippen molar-refractivity contribution in [1.29, 1.82) is 0 Å². The van der Waals surface area contributed by atoms with Gasteiger partial charge in [-0.2, -0.15) is 0 Å². The average Bonchev–Trinajstić information content (AvgIpc) is 3.08. The zero-order chi connectivity index (χ0) is 22.3. The summed E-state index contributed by atoms with van der Waals surface area (Å²) in [7, 11) is 1.58. The largest absolute Gasteiger partial charge is 0.497 e. The maximum atomic E-state index is 12.6. The molecule has 0 aliphatic rings. The lowest BCUT2D eigenvalue weighted by molar-refractivity contribution is -0.138. The summed E-state index contributed by atoms with van der Waals surface area (Å²) in [6.45, 7) is 5.97. The predicted octanol–water partition coefficient (Wildman–Crippen LogP) is 3.12. The number of hydrogen-bond acceptors (Lipinski definition) is 6. The Morgan fingerprint density at radius 2 is 1.83 bits per heavy atom. The average molecular weight is 416 g/mol. The smallest absolute Gasteiger partial charge is 0.383 e. The first-order chi connectivity index (χ1) is 14.1. The third-order valence-corrected chi connectivity index (χ3v) is 4.68. The fourth-order valence-electron chi connectivity index (χ4n) is 3.10. The fourth-order valence-corrected chi connectivity index (χ4v) is 3.10. The minimum Gasteiger partial charge on any atom is -0.497 e. The number of ketones is 1. The molecule has 30 heavy (non-hydrogen) atoms. The number of benzene rings is 1. The quantitative estimate of drug-likeness (QED) is 0.341. The molecule has 8 heteroatoms. The maximum Gasteiger partial charge on any atom is 0.383 e. The Morgan fingerprint density at radius 3 is 2.40 bits per heavy atom. The molecular weight excluding hydrogens is 388 g/mol. The normalized spacial score (nSPS) is 11.2. The molecule has 1 N–H and O–H groups in total. The van der Waals surface area contributed by atoms with E-state index in [9.17, 15) is 14.4 Å². The van der Waals surface area contributed by atoms with Gasteiger partial charge < -0.3 is 19.1 Å². The molecule has 8 nitrogen and oxygen atoms in total. The number of esters is 1. The second kappa shape index (κ2) is 10.0. The second-order valence-corrected chi connectivity index (χ2v) is 7.82. The summed E-state index contributed by atoms with van der Waals surface area (Å²) in [6.07, 6.45) is 2.72. The number of carbonyl (C=O) groups is 3. The van der Waals surface area contributed by atoms with E-state index in [0.717, 1.165) is 5.56 Å². The minimum atomic E-state index is -0.948. The number of nitrogens with zero attached hydrogens (tertiary/aromatic N) is 2. The molecule has 1 aromatic heterocycles. The number of hydrogen-bond donors (Lipinski definition) is 1. The molecule has 0 aliphatic carbocycles. The van der Waals surface area contributed by atoms with Crippen molar-refractivity contribution in [2.45, 2.75) is 46.6 Å². The van der Waals surface area contributed by atoms with Crippen LogP contribution in [-0.2, 0) is 27.3 Å². The van der Waals surface area contributed by atoms with Gasteiger partial charge in [0.2, 0.25) is 0 Å². The highest BCUT2D eigenvalue weighted by molar-refractivity contribution is 6.39. The van der Waals surface area contributed by atoms with Gasteiger partial charge in [-0.05, 0) is 42.9 Å². The van der Waals surface area contributed by atoms with Gasteiger partial charge in [-0.1, -0.05) is 26.0 Å². The van der Waals surface area contributed by atoms with E-state index in [2.05, 4.69) is 4.98 Å². The summed E-state index contributed by atoms with van der Waals surface area (Å²) in [6, 6.07) is 7.37. The van der Waals surface area contributed by atoms with Crippen LogP contribution < -0.4 is 4.74 Å². The highest BCUT2D eigenvalue weighted by Gasteiger charge is 2.27. The van der Waals surface area contributed by atoms with E-state index in [-0.39, 0.29) is 24.3 Å². The van der Waals surface area contributed by atoms with Crippen LogP contribution in [0.4, 0.5) is 0 Å². The first kappa shape index (κ1) is 23.1. The van der Waals surface area contributed by atoms with Crippen molar-refractivity contribution < 1.29 is 29.0 Å². The SMILES string of the molecule is CCOC(=O)C(=O)c1nc(CC(C)(C)CCC(=O)O)cn1Cc1ccc(OC)cc1. The van der Waals surface area contributed by atoms with Crippen LogP contribution in [0.2, 0.25) is 0 Å². The maximum absolute atomic E-state index is 12.6. The lowest BCUT2D eigenvalue weighted by Crippen LogP contribution is -2.22. The molecule has 2 rings (SSSR count). The molecule has 1 aromatic carbocycles. The van der Waals surface area contributed by atoms with Gasteiger partial charge in [-0.25, -0.2) is 9.78 Å². The summed E-state index contributed by atoms with van der Waals surface area (Å²) in [5.74, 6) is -1.89. The standard InChI is InChI=1S/C22H28N2O6/c1-5-30-21(28)19(27)20-23-16(12-22(2,3)11-10-18(25)26)14-24(20)13-15-6-8-17(29-4)9-7-15/h6-9,14H,5,10-13H2,1-4H3,(H,25,26). The number of ether oxygens (including phenoxy) is 2. The zero-order valence-electron chi connectivity index (χ0n) is 17.8. The molecule has 0 amide bonds. The van der Waals surface area contributed by atoms with Crippen molar-refractivity contribution in [2.24, 2.45) is 5.41 Å². The number of carboxylic acids is 1. The van der Waals surface area contributed by atoms with Crippen LogP contribution in [0, 0.1) is 5.41 Å². The van der Waals surface area contributed by atoms with Crippen molar-refractivity contribution in [3.8, 4) is 5.75 Å². The Kier molecular flexibility index (Phi) is 7.74. The van der Waals surface area contributed by atoms with Gasteiger partial charge in [-0.15, -0.1) is 0 Å². The Labute approximate surface area is 175 Å². The van der Waals surface area contributed by atoms with Crippen LogP contribution in [0.15, 0.2) is 30.5 Å². The molecule has 0 saturated carbocycles. The molecule has 0 aliphatic heterocycles. The Balaban J connectivity index is 2.31. The van der Waals surface area contributed by atoms with Crippen LogP contribution >= 0.6 is 0 Å². The van der Waals surface area contributed by atoms with Crippen LogP contribution in [0.5, 0.6) is 5.75 Å². The van der Waals surface area contributed by atoms with E-state index in [1.165, 1.54) is 0 Å². The summed E-state index contributed by atoms with van der Waals surface area (Å²) in [5, 5.41) is 8.95. The number of imidazole rings is 1. The third-order valence-electron chi connectivity index (χ3n) is 4.68. The molecule has 0 saturated heterocycles. The van der Waals surface area contributed by atoms with E-state index in [4.69, 9.17) is 14.6 Å². The molecule has 0 bridgehead atoms. The molecule has 0 unspecified atom stereocenters. The molecule has 0 radical (unpaired) electrons. The molecule has 162 valence electrons. The van der Waals surface area contributed by atoms with Crippen LogP contribution in [0.1, 0.15) is 55.5 Å². The number of Topliss-reactive ketones (excluding diaryl/α,β-unsaturated/α-hetero) is 1. The van der Waals surface area contributed by atoms with Gasteiger partial charge in [-0.3, -0.25) is 9.59 Å². The topological polar surface area (TPSA) is 108 Å². The lowest BCUT2D eigenvalue weighted by Gasteiger charge is -2.22. The Bertz CT molecular complexity index is 899. The van der Waals surface area contributed by atoms with Gasteiger partial charge in [0, 0.05) is 19.2 Å². The lowest BCUT2D eigenvalue weighted by atomic mass is 9.83. The van der Waals surface area contributed by atoms with Crippen molar-refractivity contribution in [1.82, 2.24) is 9.55 Å². The van der Waals surface area contributed by atoms with Gasteiger partial charge in [0.25, 0.3) is 0 Å². The summed E-state index contributed by atoms with van der Waals surface area (Å²) < 4.78 is 11.6. The third kappa shape index (κ3) is 6.43.